The second kappa shape index (κ2) is 5.56. The minimum Gasteiger partial charge on any atom is -0.492 e. The number of carbonyl (C=O) groups is 1. The summed E-state index contributed by atoms with van der Waals surface area (Å²) in [6.07, 6.45) is 2.79. The minimum atomic E-state index is -0.794. The maximum atomic E-state index is 13.1. The van der Waals surface area contributed by atoms with Crippen molar-refractivity contribution >= 4 is 5.78 Å². The smallest absolute Gasteiger partial charge is 0.194 e. The van der Waals surface area contributed by atoms with Crippen LogP contribution < -0.4 is 4.74 Å². The van der Waals surface area contributed by atoms with Crippen LogP contribution in [0.25, 0.3) is 0 Å². The van der Waals surface area contributed by atoms with E-state index in [4.69, 9.17) is 4.74 Å². The van der Waals surface area contributed by atoms with Crippen LogP contribution in [0, 0.1) is 11.6 Å². The van der Waals surface area contributed by atoms with Gasteiger partial charge in [-0.1, -0.05) is 0 Å². The number of ketones is 1. The third-order valence-corrected chi connectivity index (χ3v) is 2.41. The summed E-state index contributed by atoms with van der Waals surface area (Å²) in [5.74, 6) is -1.66. The van der Waals surface area contributed by atoms with E-state index in [0.717, 1.165) is 12.1 Å². The van der Waals surface area contributed by atoms with E-state index in [1.165, 1.54) is 18.5 Å². The highest BCUT2D eigenvalue weighted by molar-refractivity contribution is 6.08. The number of pyridine rings is 1. The lowest BCUT2D eigenvalue weighted by molar-refractivity contribution is 0.103. The Balaban J connectivity index is 2.35. The van der Waals surface area contributed by atoms with Crippen molar-refractivity contribution in [3.8, 4) is 5.75 Å². The van der Waals surface area contributed by atoms with Crippen LogP contribution in [-0.4, -0.2) is 17.4 Å². The van der Waals surface area contributed by atoms with Crippen molar-refractivity contribution in [1.82, 2.24) is 4.98 Å². The first kappa shape index (κ1) is 13.1. The maximum absolute atomic E-state index is 13.1. The van der Waals surface area contributed by atoms with Crippen molar-refractivity contribution in [2.75, 3.05) is 6.61 Å². The molecule has 5 heteroatoms. The number of hydrogen-bond donors (Lipinski definition) is 0. The molecule has 0 bridgehead atoms. The molecule has 0 saturated heterocycles. The molecular formula is C14H11F2NO2. The van der Waals surface area contributed by atoms with Crippen molar-refractivity contribution in [2.24, 2.45) is 0 Å². The van der Waals surface area contributed by atoms with Gasteiger partial charge in [0.25, 0.3) is 0 Å². The Morgan fingerprint density at radius 1 is 1.11 bits per heavy atom. The standard InChI is InChI=1S/C14H11F2NO2/c1-2-19-13-5-10(7-17-8-13)14(18)9-3-11(15)6-12(16)4-9/h3-8H,2H2,1H3. The Labute approximate surface area is 108 Å². The van der Waals surface area contributed by atoms with Gasteiger partial charge in [-0.3, -0.25) is 9.78 Å². The molecule has 0 fully saturated rings. The summed E-state index contributed by atoms with van der Waals surface area (Å²) >= 11 is 0. The van der Waals surface area contributed by atoms with E-state index >= 15 is 0 Å². The normalized spacial score (nSPS) is 10.3. The Morgan fingerprint density at radius 2 is 1.79 bits per heavy atom. The van der Waals surface area contributed by atoms with Crippen LogP contribution in [0.4, 0.5) is 8.78 Å². The zero-order valence-electron chi connectivity index (χ0n) is 10.2. The van der Waals surface area contributed by atoms with Gasteiger partial charge >= 0.3 is 0 Å². The molecule has 0 amide bonds. The summed E-state index contributed by atoms with van der Waals surface area (Å²) in [6, 6.07) is 4.17. The number of rotatable bonds is 4. The predicted molar refractivity (Wildman–Crippen MR) is 65.2 cm³/mol. The number of hydrogen-bond acceptors (Lipinski definition) is 3. The second-order valence-electron chi connectivity index (χ2n) is 3.83. The second-order valence-corrected chi connectivity index (χ2v) is 3.83. The highest BCUT2D eigenvalue weighted by atomic mass is 19.1. The first-order valence-electron chi connectivity index (χ1n) is 5.69. The van der Waals surface area contributed by atoms with E-state index in [9.17, 15) is 13.6 Å². The van der Waals surface area contributed by atoms with E-state index in [-0.39, 0.29) is 11.1 Å². The lowest BCUT2D eigenvalue weighted by Gasteiger charge is -2.05. The number of nitrogens with zero attached hydrogens (tertiary/aromatic N) is 1. The van der Waals surface area contributed by atoms with Gasteiger partial charge in [0.2, 0.25) is 0 Å². The quantitative estimate of drug-likeness (QED) is 0.796. The first-order chi connectivity index (χ1) is 9.10. The topological polar surface area (TPSA) is 39.2 Å². The van der Waals surface area contributed by atoms with Crippen molar-refractivity contribution in [1.29, 1.82) is 0 Å². The van der Waals surface area contributed by atoms with Gasteiger partial charge in [-0.05, 0) is 25.1 Å². The van der Waals surface area contributed by atoms with E-state index in [1.54, 1.807) is 6.92 Å². The van der Waals surface area contributed by atoms with Crippen molar-refractivity contribution in [3.63, 3.8) is 0 Å². The SMILES string of the molecule is CCOc1cncc(C(=O)c2cc(F)cc(F)c2)c1. The van der Waals surface area contributed by atoms with Crippen LogP contribution >= 0.6 is 0 Å². The third kappa shape index (κ3) is 3.13. The fraction of sp³-hybridized carbons (Fsp3) is 0.143. The summed E-state index contributed by atoms with van der Waals surface area (Å²) in [7, 11) is 0. The highest BCUT2D eigenvalue weighted by Crippen LogP contribution is 2.16. The van der Waals surface area contributed by atoms with E-state index in [1.807, 2.05) is 0 Å². The molecule has 0 aliphatic heterocycles. The number of halogens is 2. The van der Waals surface area contributed by atoms with Crippen molar-refractivity contribution in [2.45, 2.75) is 6.92 Å². The molecule has 0 atom stereocenters. The van der Waals surface area contributed by atoms with Crippen LogP contribution in [0.5, 0.6) is 5.75 Å². The number of benzene rings is 1. The molecule has 1 heterocycles. The van der Waals surface area contributed by atoms with E-state index in [0.29, 0.717) is 18.4 Å². The summed E-state index contributed by atoms with van der Waals surface area (Å²) in [5, 5.41) is 0. The van der Waals surface area contributed by atoms with Crippen LogP contribution in [0.15, 0.2) is 36.7 Å². The van der Waals surface area contributed by atoms with Crippen LogP contribution in [0.1, 0.15) is 22.8 Å². The van der Waals surface area contributed by atoms with Gasteiger partial charge in [-0.15, -0.1) is 0 Å². The zero-order valence-corrected chi connectivity index (χ0v) is 10.2. The number of aromatic nitrogens is 1. The van der Waals surface area contributed by atoms with Crippen molar-refractivity contribution < 1.29 is 18.3 Å². The molecule has 98 valence electrons. The summed E-state index contributed by atoms with van der Waals surface area (Å²) in [5.41, 5.74) is 0.156. The van der Waals surface area contributed by atoms with Gasteiger partial charge in [-0.25, -0.2) is 8.78 Å². The average molecular weight is 263 g/mol. The molecule has 3 nitrogen and oxygen atoms in total. The lowest BCUT2D eigenvalue weighted by atomic mass is 10.0. The molecule has 0 unspecified atom stereocenters. The largest absolute Gasteiger partial charge is 0.492 e. The molecule has 0 saturated carbocycles. The summed E-state index contributed by atoms with van der Waals surface area (Å²) in [4.78, 5) is 15.9. The minimum absolute atomic E-state index is 0.0621. The van der Waals surface area contributed by atoms with Gasteiger partial charge < -0.3 is 4.74 Å². The lowest BCUT2D eigenvalue weighted by Crippen LogP contribution is -2.04. The molecular weight excluding hydrogens is 252 g/mol. The first-order valence-corrected chi connectivity index (χ1v) is 5.69. The number of ether oxygens (including phenoxy) is 1. The molecule has 0 aliphatic carbocycles. The van der Waals surface area contributed by atoms with Crippen molar-refractivity contribution in [3.05, 3.63) is 59.4 Å². The Kier molecular flexibility index (Phi) is 3.85. The molecule has 2 rings (SSSR count). The molecule has 1 aromatic carbocycles. The van der Waals surface area contributed by atoms with Crippen LogP contribution in [0.3, 0.4) is 0 Å². The maximum Gasteiger partial charge on any atom is 0.194 e. The Morgan fingerprint density at radius 3 is 2.42 bits per heavy atom. The molecule has 19 heavy (non-hydrogen) atoms. The predicted octanol–water partition coefficient (Wildman–Crippen LogP) is 2.99. The Bertz CT molecular complexity index is 594. The number of carbonyl (C=O) groups excluding carboxylic acids is 1. The summed E-state index contributed by atoms with van der Waals surface area (Å²) in [6.45, 7) is 2.24. The fourth-order valence-electron chi connectivity index (χ4n) is 1.64. The molecule has 0 N–H and O–H groups in total. The highest BCUT2D eigenvalue weighted by Gasteiger charge is 2.13. The van der Waals surface area contributed by atoms with E-state index < -0.39 is 17.4 Å². The molecule has 0 aliphatic rings. The van der Waals surface area contributed by atoms with E-state index in [2.05, 4.69) is 4.98 Å². The van der Waals surface area contributed by atoms with Gasteiger partial charge in [-0.2, -0.15) is 0 Å². The van der Waals surface area contributed by atoms with Gasteiger partial charge in [0.1, 0.15) is 17.4 Å². The van der Waals surface area contributed by atoms with Gasteiger partial charge in [0, 0.05) is 23.4 Å². The molecule has 0 radical (unpaired) electrons. The van der Waals surface area contributed by atoms with Gasteiger partial charge in [0.15, 0.2) is 5.78 Å². The third-order valence-electron chi connectivity index (χ3n) is 2.41. The van der Waals surface area contributed by atoms with Gasteiger partial charge in [0.05, 0.1) is 12.8 Å². The monoisotopic (exact) mass is 263 g/mol. The van der Waals surface area contributed by atoms with Crippen LogP contribution in [0.2, 0.25) is 0 Å². The average Bonchev–Trinajstić information content (AvgIpc) is 2.37. The fourth-order valence-corrected chi connectivity index (χ4v) is 1.64. The molecule has 2 aromatic rings. The molecule has 1 aromatic heterocycles. The summed E-state index contributed by atoms with van der Waals surface area (Å²) < 4.78 is 31.4. The molecule has 0 spiro atoms. The van der Waals surface area contributed by atoms with Crippen LogP contribution in [-0.2, 0) is 0 Å². The zero-order chi connectivity index (χ0) is 13.8. The Hall–Kier alpha value is -2.30.